The van der Waals surface area contributed by atoms with Crippen molar-refractivity contribution in [3.05, 3.63) is 35.4 Å². The van der Waals surface area contributed by atoms with E-state index in [0.29, 0.717) is 12.3 Å². The van der Waals surface area contributed by atoms with Crippen molar-refractivity contribution >= 4 is 0 Å². The molecule has 82 valence electrons. The fraction of sp³-hybridized carbons (Fsp3) is 0.538. The summed E-state index contributed by atoms with van der Waals surface area (Å²) in [5, 5.41) is 3.41. The number of nitrogens with one attached hydrogen (secondary N) is 1. The van der Waals surface area contributed by atoms with Crippen LogP contribution in [0.15, 0.2) is 24.3 Å². The van der Waals surface area contributed by atoms with Gasteiger partial charge in [0, 0.05) is 13.0 Å². The summed E-state index contributed by atoms with van der Waals surface area (Å²) in [6.45, 7) is 1.98. The Morgan fingerprint density at radius 3 is 2.67 bits per heavy atom. The topological polar surface area (TPSA) is 12.0 Å². The van der Waals surface area contributed by atoms with Gasteiger partial charge in [-0.15, -0.1) is 0 Å². The van der Waals surface area contributed by atoms with Crippen LogP contribution < -0.4 is 5.32 Å². The molecule has 1 fully saturated rings. The van der Waals surface area contributed by atoms with Crippen molar-refractivity contribution in [2.75, 3.05) is 19.8 Å². The molecule has 0 aliphatic carbocycles. The third-order valence-electron chi connectivity index (χ3n) is 3.13. The summed E-state index contributed by atoms with van der Waals surface area (Å²) < 4.78 is 12.1. The van der Waals surface area contributed by atoms with Crippen LogP contribution in [0.25, 0.3) is 0 Å². The molecule has 0 saturated carbocycles. The van der Waals surface area contributed by atoms with Crippen molar-refractivity contribution in [1.82, 2.24) is 5.32 Å². The quantitative estimate of drug-likeness (QED) is 0.803. The van der Waals surface area contributed by atoms with Crippen molar-refractivity contribution in [3.8, 4) is 0 Å². The second-order valence-corrected chi connectivity index (χ2v) is 4.22. The highest BCUT2D eigenvalue weighted by molar-refractivity contribution is 5.26. The monoisotopic (exact) mass is 207 g/mol. The highest BCUT2D eigenvalue weighted by atomic mass is 19.1. The normalized spacial score (nSPS) is 21.5. The number of hydrogen-bond donors (Lipinski definition) is 1. The van der Waals surface area contributed by atoms with Crippen molar-refractivity contribution < 1.29 is 4.39 Å². The highest BCUT2D eigenvalue weighted by Gasteiger charge is 2.14. The molecule has 1 unspecified atom stereocenters. The number of rotatable bonds is 3. The zero-order valence-corrected chi connectivity index (χ0v) is 9.01. The van der Waals surface area contributed by atoms with Crippen molar-refractivity contribution in [2.24, 2.45) is 0 Å². The molecule has 1 aliphatic heterocycles. The summed E-state index contributed by atoms with van der Waals surface area (Å²) in [5.41, 5.74) is 2.50. The third-order valence-corrected chi connectivity index (χ3v) is 3.13. The molecule has 1 nitrogen and oxygen atoms in total. The van der Waals surface area contributed by atoms with Gasteiger partial charge in [0.1, 0.15) is 0 Å². The Morgan fingerprint density at radius 2 is 2.07 bits per heavy atom. The zero-order chi connectivity index (χ0) is 10.5. The maximum atomic E-state index is 12.1. The highest BCUT2D eigenvalue weighted by Crippen LogP contribution is 2.23. The Labute approximate surface area is 90.7 Å². The van der Waals surface area contributed by atoms with Crippen LogP contribution in [0.4, 0.5) is 4.39 Å². The molecule has 2 rings (SSSR count). The predicted octanol–water partition coefficient (Wildman–Crippen LogP) is 2.67. The van der Waals surface area contributed by atoms with Crippen molar-refractivity contribution in [2.45, 2.75) is 25.2 Å². The van der Waals surface area contributed by atoms with Crippen LogP contribution >= 0.6 is 0 Å². The van der Waals surface area contributed by atoms with Crippen LogP contribution in [-0.2, 0) is 6.42 Å². The first-order valence-corrected chi connectivity index (χ1v) is 5.75. The van der Waals surface area contributed by atoms with E-state index in [1.54, 1.807) is 0 Å². The maximum absolute atomic E-state index is 12.1. The Morgan fingerprint density at radius 1 is 1.27 bits per heavy atom. The molecule has 2 heteroatoms. The lowest BCUT2D eigenvalue weighted by atomic mass is 9.91. The summed E-state index contributed by atoms with van der Waals surface area (Å²) in [6.07, 6.45) is 3.08. The second kappa shape index (κ2) is 5.26. The molecule has 1 aliphatic rings. The van der Waals surface area contributed by atoms with Crippen molar-refractivity contribution in [1.29, 1.82) is 0 Å². The lowest BCUT2D eigenvalue weighted by molar-refractivity contribution is 0.461. The van der Waals surface area contributed by atoms with E-state index in [9.17, 15) is 4.39 Å². The van der Waals surface area contributed by atoms with Gasteiger partial charge in [-0.2, -0.15) is 0 Å². The minimum atomic E-state index is -0.260. The van der Waals surface area contributed by atoms with Crippen LogP contribution in [0.1, 0.15) is 29.9 Å². The SMILES string of the molecule is FCCc1ccc(C2CCCNC2)cc1. The zero-order valence-electron chi connectivity index (χ0n) is 9.01. The van der Waals surface area contributed by atoms with Crippen LogP contribution in [0, 0.1) is 0 Å². The molecule has 0 aromatic heterocycles. The first-order valence-electron chi connectivity index (χ1n) is 5.75. The molecule has 0 radical (unpaired) electrons. The molecule has 0 amide bonds. The van der Waals surface area contributed by atoms with Gasteiger partial charge in [-0.05, 0) is 36.4 Å². The molecule has 1 atom stereocenters. The average Bonchev–Trinajstić information content (AvgIpc) is 2.32. The Balaban J connectivity index is 2.02. The lowest BCUT2D eigenvalue weighted by Crippen LogP contribution is -2.28. The number of benzene rings is 1. The smallest absolute Gasteiger partial charge is 0.0934 e. The van der Waals surface area contributed by atoms with E-state index in [4.69, 9.17) is 0 Å². The van der Waals surface area contributed by atoms with Crippen LogP contribution in [-0.4, -0.2) is 19.8 Å². The molecule has 1 aromatic rings. The van der Waals surface area contributed by atoms with Gasteiger partial charge in [-0.1, -0.05) is 24.3 Å². The fourth-order valence-electron chi connectivity index (χ4n) is 2.20. The van der Waals surface area contributed by atoms with E-state index in [1.165, 1.54) is 18.4 Å². The van der Waals surface area contributed by atoms with Crippen LogP contribution in [0.5, 0.6) is 0 Å². The Hall–Kier alpha value is -0.890. The fourth-order valence-corrected chi connectivity index (χ4v) is 2.20. The molecular formula is C13H18FN. The van der Waals surface area contributed by atoms with Crippen molar-refractivity contribution in [3.63, 3.8) is 0 Å². The van der Waals surface area contributed by atoms with Gasteiger partial charge in [-0.3, -0.25) is 4.39 Å². The predicted molar refractivity (Wildman–Crippen MR) is 61.0 cm³/mol. The van der Waals surface area contributed by atoms with Gasteiger partial charge in [0.05, 0.1) is 6.67 Å². The number of aryl methyl sites for hydroxylation is 1. The van der Waals surface area contributed by atoms with Gasteiger partial charge in [0.15, 0.2) is 0 Å². The maximum Gasteiger partial charge on any atom is 0.0934 e. The molecule has 0 spiro atoms. The van der Waals surface area contributed by atoms with Gasteiger partial charge >= 0.3 is 0 Å². The molecule has 0 bridgehead atoms. The first-order chi connectivity index (χ1) is 7.40. The Bertz CT molecular complexity index is 288. The Kier molecular flexibility index (Phi) is 3.73. The summed E-state index contributed by atoms with van der Waals surface area (Å²) in [6, 6.07) is 8.43. The standard InChI is InChI=1S/C13H18FN/c14-8-7-11-3-5-12(6-4-11)13-2-1-9-15-10-13/h3-6,13,15H,1-2,7-10H2. The first kappa shape index (κ1) is 10.6. The molecule has 15 heavy (non-hydrogen) atoms. The summed E-state index contributed by atoms with van der Waals surface area (Å²) in [7, 11) is 0. The lowest BCUT2D eigenvalue weighted by Gasteiger charge is -2.23. The third kappa shape index (κ3) is 2.78. The van der Waals surface area contributed by atoms with Gasteiger partial charge in [0.25, 0.3) is 0 Å². The van der Waals surface area contributed by atoms with E-state index in [-0.39, 0.29) is 6.67 Å². The molecule has 1 N–H and O–H groups in total. The second-order valence-electron chi connectivity index (χ2n) is 4.22. The average molecular weight is 207 g/mol. The minimum absolute atomic E-state index is 0.260. The van der Waals surface area contributed by atoms with Crippen LogP contribution in [0.2, 0.25) is 0 Å². The van der Waals surface area contributed by atoms with E-state index in [1.807, 2.05) is 0 Å². The van der Waals surface area contributed by atoms with Gasteiger partial charge < -0.3 is 5.32 Å². The van der Waals surface area contributed by atoms with E-state index >= 15 is 0 Å². The summed E-state index contributed by atoms with van der Waals surface area (Å²) in [5.74, 6) is 0.651. The molecule has 1 aromatic carbocycles. The summed E-state index contributed by atoms with van der Waals surface area (Å²) >= 11 is 0. The summed E-state index contributed by atoms with van der Waals surface area (Å²) in [4.78, 5) is 0. The number of hydrogen-bond acceptors (Lipinski definition) is 1. The van der Waals surface area contributed by atoms with E-state index < -0.39 is 0 Å². The van der Waals surface area contributed by atoms with Gasteiger partial charge in [-0.25, -0.2) is 0 Å². The molecule has 1 heterocycles. The van der Waals surface area contributed by atoms with Gasteiger partial charge in [0.2, 0.25) is 0 Å². The molecular weight excluding hydrogens is 189 g/mol. The number of piperidine rings is 1. The number of halogens is 1. The van der Waals surface area contributed by atoms with E-state index in [0.717, 1.165) is 18.7 Å². The molecule has 1 saturated heterocycles. The largest absolute Gasteiger partial charge is 0.316 e. The minimum Gasteiger partial charge on any atom is -0.316 e. The van der Waals surface area contributed by atoms with E-state index in [2.05, 4.69) is 29.6 Å². The van der Waals surface area contributed by atoms with Crippen LogP contribution in [0.3, 0.4) is 0 Å². The number of alkyl halides is 1.